The van der Waals surface area contributed by atoms with Crippen LogP contribution in [0.5, 0.6) is 0 Å². The Labute approximate surface area is 166 Å². The van der Waals surface area contributed by atoms with E-state index in [1.165, 1.54) is 28.7 Å². The maximum absolute atomic E-state index is 13.9. The third-order valence-electron chi connectivity index (χ3n) is 4.72. The van der Waals surface area contributed by atoms with Gasteiger partial charge in [0.1, 0.15) is 11.3 Å². The molecule has 0 N–H and O–H groups in total. The molecule has 28 heavy (non-hydrogen) atoms. The molecule has 0 atom stereocenters. The van der Waals surface area contributed by atoms with E-state index in [4.69, 9.17) is 0 Å². The van der Waals surface area contributed by atoms with E-state index in [9.17, 15) is 13.6 Å². The summed E-state index contributed by atoms with van der Waals surface area (Å²) in [4.78, 5) is 25.3. The lowest BCUT2D eigenvalue weighted by Crippen LogP contribution is -2.48. The maximum Gasteiger partial charge on any atom is 0.282 e. The molecule has 142 valence electrons. The number of carbonyl (C=O) groups is 1. The summed E-state index contributed by atoms with van der Waals surface area (Å²) in [7, 11) is 0. The number of hydrogen-bond donors (Lipinski definition) is 0. The summed E-state index contributed by atoms with van der Waals surface area (Å²) in [5, 5.41) is 1.14. The zero-order valence-corrected chi connectivity index (χ0v) is 16.2. The van der Waals surface area contributed by atoms with Crippen LogP contribution in [0.2, 0.25) is 0 Å². The van der Waals surface area contributed by atoms with Gasteiger partial charge in [0.05, 0.1) is 14.9 Å². The topological polar surface area (TPSA) is 49.3 Å². The second kappa shape index (κ2) is 6.75. The Bertz CT molecular complexity index is 1160. The van der Waals surface area contributed by atoms with Crippen molar-refractivity contribution in [1.82, 2.24) is 14.9 Å². The van der Waals surface area contributed by atoms with E-state index >= 15 is 0 Å². The van der Waals surface area contributed by atoms with Crippen LogP contribution in [0.1, 0.15) is 9.80 Å². The number of anilines is 1. The zero-order chi connectivity index (χ0) is 19.3. The number of halogens is 2. The minimum Gasteiger partial charge on any atom is -0.345 e. The molecule has 2 aromatic carbocycles. The molecule has 5 rings (SSSR count). The van der Waals surface area contributed by atoms with Gasteiger partial charge in [0.2, 0.25) is 0 Å². The highest BCUT2D eigenvalue weighted by Crippen LogP contribution is 2.32. The second-order valence-electron chi connectivity index (χ2n) is 6.50. The van der Waals surface area contributed by atoms with Crippen molar-refractivity contribution < 1.29 is 13.6 Å². The van der Waals surface area contributed by atoms with Crippen molar-refractivity contribution in [3.8, 4) is 0 Å². The first-order valence-corrected chi connectivity index (χ1v) is 10.4. The number of amides is 1. The lowest BCUT2D eigenvalue weighted by Gasteiger charge is -2.34. The SMILES string of the molecule is O=C(c1nc2ccccc2s1)N1CCN(c2nc3c(F)cc(F)cc3s2)CC1. The molecular formula is C19H14F2N4OS2. The van der Waals surface area contributed by atoms with Gasteiger partial charge in [0.25, 0.3) is 5.91 Å². The first kappa shape index (κ1) is 17.4. The summed E-state index contributed by atoms with van der Waals surface area (Å²) in [6, 6.07) is 9.83. The molecule has 0 spiro atoms. The van der Waals surface area contributed by atoms with Gasteiger partial charge in [-0.1, -0.05) is 23.5 Å². The molecular weight excluding hydrogens is 402 g/mol. The lowest BCUT2D eigenvalue weighted by atomic mass is 10.3. The molecule has 1 fully saturated rings. The van der Waals surface area contributed by atoms with Gasteiger partial charge in [-0.15, -0.1) is 11.3 Å². The number of aromatic nitrogens is 2. The summed E-state index contributed by atoms with van der Waals surface area (Å²) >= 11 is 2.66. The smallest absolute Gasteiger partial charge is 0.282 e. The van der Waals surface area contributed by atoms with Gasteiger partial charge < -0.3 is 9.80 Å². The van der Waals surface area contributed by atoms with E-state index in [2.05, 4.69) is 9.97 Å². The molecule has 1 aliphatic heterocycles. The lowest BCUT2D eigenvalue weighted by molar-refractivity contribution is 0.0746. The molecule has 0 saturated carbocycles. The van der Waals surface area contributed by atoms with Crippen LogP contribution in [0, 0.1) is 11.6 Å². The van der Waals surface area contributed by atoms with Gasteiger partial charge in [0, 0.05) is 32.2 Å². The van der Waals surface area contributed by atoms with Crippen LogP contribution in [-0.2, 0) is 0 Å². The van der Waals surface area contributed by atoms with Crippen molar-refractivity contribution in [2.75, 3.05) is 31.1 Å². The number of fused-ring (bicyclic) bond motifs is 2. The number of para-hydroxylation sites is 1. The quantitative estimate of drug-likeness (QED) is 0.493. The molecule has 0 unspecified atom stereocenters. The predicted molar refractivity (Wildman–Crippen MR) is 107 cm³/mol. The number of rotatable bonds is 2. The van der Waals surface area contributed by atoms with Gasteiger partial charge in [-0.3, -0.25) is 4.79 Å². The van der Waals surface area contributed by atoms with Crippen LogP contribution in [0.4, 0.5) is 13.9 Å². The Morgan fingerprint density at radius 1 is 0.964 bits per heavy atom. The highest BCUT2D eigenvalue weighted by molar-refractivity contribution is 7.22. The van der Waals surface area contributed by atoms with Gasteiger partial charge in [-0.2, -0.15) is 0 Å². The summed E-state index contributed by atoms with van der Waals surface area (Å²) in [6.07, 6.45) is 0. The van der Waals surface area contributed by atoms with E-state index < -0.39 is 11.6 Å². The third kappa shape index (κ3) is 3.00. The van der Waals surface area contributed by atoms with Crippen molar-refractivity contribution in [2.24, 2.45) is 0 Å². The van der Waals surface area contributed by atoms with Crippen LogP contribution in [0.3, 0.4) is 0 Å². The highest BCUT2D eigenvalue weighted by atomic mass is 32.1. The van der Waals surface area contributed by atoms with Crippen molar-refractivity contribution in [1.29, 1.82) is 0 Å². The van der Waals surface area contributed by atoms with Gasteiger partial charge in [-0.25, -0.2) is 18.7 Å². The number of benzene rings is 2. The van der Waals surface area contributed by atoms with E-state index in [-0.39, 0.29) is 11.4 Å². The largest absolute Gasteiger partial charge is 0.345 e. The normalized spacial score (nSPS) is 14.9. The van der Waals surface area contributed by atoms with Crippen molar-refractivity contribution >= 4 is 54.1 Å². The molecule has 1 aliphatic rings. The number of carbonyl (C=O) groups excluding carboxylic acids is 1. The van der Waals surface area contributed by atoms with E-state index in [0.29, 0.717) is 41.0 Å². The number of nitrogens with zero attached hydrogens (tertiary/aromatic N) is 4. The van der Waals surface area contributed by atoms with Gasteiger partial charge >= 0.3 is 0 Å². The van der Waals surface area contributed by atoms with Gasteiger partial charge in [-0.05, 0) is 18.2 Å². The zero-order valence-electron chi connectivity index (χ0n) is 14.6. The molecule has 0 radical (unpaired) electrons. The summed E-state index contributed by atoms with van der Waals surface area (Å²) in [5.41, 5.74) is 1.02. The molecule has 3 heterocycles. The fourth-order valence-corrected chi connectivity index (χ4v) is 5.27. The van der Waals surface area contributed by atoms with E-state index in [1.807, 2.05) is 29.2 Å². The monoisotopic (exact) mass is 416 g/mol. The van der Waals surface area contributed by atoms with Crippen molar-refractivity contribution in [2.45, 2.75) is 0 Å². The minimum atomic E-state index is -0.651. The van der Waals surface area contributed by atoms with E-state index in [1.54, 1.807) is 4.90 Å². The van der Waals surface area contributed by atoms with Crippen LogP contribution < -0.4 is 4.90 Å². The summed E-state index contributed by atoms with van der Waals surface area (Å²) in [5.74, 6) is -1.33. The summed E-state index contributed by atoms with van der Waals surface area (Å²) in [6.45, 7) is 2.23. The van der Waals surface area contributed by atoms with Crippen molar-refractivity contribution in [3.63, 3.8) is 0 Å². The van der Waals surface area contributed by atoms with Gasteiger partial charge in [0.15, 0.2) is 16.0 Å². The average molecular weight is 416 g/mol. The number of piperazine rings is 1. The molecule has 1 amide bonds. The molecule has 0 aliphatic carbocycles. The van der Waals surface area contributed by atoms with Crippen LogP contribution in [0.15, 0.2) is 36.4 Å². The molecule has 5 nitrogen and oxygen atoms in total. The number of thiazole rings is 2. The van der Waals surface area contributed by atoms with Crippen LogP contribution in [0.25, 0.3) is 20.4 Å². The van der Waals surface area contributed by atoms with Crippen molar-refractivity contribution in [3.05, 3.63) is 53.0 Å². The standard InChI is InChI=1S/C19H14F2N4OS2/c20-11-9-12(21)16-15(10-11)28-19(23-16)25-7-5-24(6-8-25)18(26)17-22-13-3-1-2-4-14(13)27-17/h1-4,9-10H,5-8H2. The molecule has 1 saturated heterocycles. The Balaban J connectivity index is 1.32. The molecule has 4 aromatic rings. The number of hydrogen-bond acceptors (Lipinski definition) is 6. The third-order valence-corrected chi connectivity index (χ3v) is 6.80. The fourth-order valence-electron chi connectivity index (χ4n) is 3.28. The van der Waals surface area contributed by atoms with Crippen LogP contribution in [-0.4, -0.2) is 47.0 Å². The summed E-state index contributed by atoms with van der Waals surface area (Å²) < 4.78 is 28.8. The first-order valence-electron chi connectivity index (χ1n) is 8.74. The van der Waals surface area contributed by atoms with E-state index in [0.717, 1.165) is 16.3 Å². The Hall–Kier alpha value is -2.65. The fraction of sp³-hybridized carbons (Fsp3) is 0.211. The Morgan fingerprint density at radius 3 is 2.54 bits per heavy atom. The minimum absolute atomic E-state index is 0.0711. The van der Waals surface area contributed by atoms with Crippen LogP contribution >= 0.6 is 22.7 Å². The Morgan fingerprint density at radius 2 is 1.75 bits per heavy atom. The average Bonchev–Trinajstić information content (AvgIpc) is 3.32. The first-order chi connectivity index (χ1) is 13.6. The second-order valence-corrected chi connectivity index (χ2v) is 8.54. The maximum atomic E-state index is 13.9. The molecule has 9 heteroatoms. The predicted octanol–water partition coefficient (Wildman–Crippen LogP) is 4.15. The molecule has 0 bridgehead atoms. The Kier molecular flexibility index (Phi) is 4.21. The molecule has 2 aromatic heterocycles. The highest BCUT2D eigenvalue weighted by Gasteiger charge is 2.26.